The van der Waals surface area contributed by atoms with Gasteiger partial charge in [0.25, 0.3) is 0 Å². The number of methoxy groups -OCH3 is 1. The summed E-state index contributed by atoms with van der Waals surface area (Å²) in [6, 6.07) is 13.1. The van der Waals surface area contributed by atoms with Gasteiger partial charge in [0.05, 0.1) is 12.8 Å². The molecule has 0 bridgehead atoms. The fraction of sp³-hybridized carbons (Fsp3) is 0.125. The molecular formula is C16H14FNO. The maximum atomic E-state index is 14.5. The van der Waals surface area contributed by atoms with Gasteiger partial charge < -0.3 is 9.72 Å². The van der Waals surface area contributed by atoms with Crippen LogP contribution in [-0.4, -0.2) is 12.1 Å². The van der Waals surface area contributed by atoms with Crippen molar-refractivity contribution in [2.75, 3.05) is 7.11 Å². The molecule has 0 radical (unpaired) electrons. The summed E-state index contributed by atoms with van der Waals surface area (Å²) in [4.78, 5) is 3.13. The van der Waals surface area contributed by atoms with Crippen LogP contribution in [0.2, 0.25) is 0 Å². The second kappa shape index (κ2) is 4.43. The van der Waals surface area contributed by atoms with Crippen molar-refractivity contribution in [3.63, 3.8) is 0 Å². The van der Waals surface area contributed by atoms with E-state index < -0.39 is 0 Å². The van der Waals surface area contributed by atoms with E-state index >= 15 is 0 Å². The van der Waals surface area contributed by atoms with Crippen molar-refractivity contribution in [2.45, 2.75) is 6.92 Å². The van der Waals surface area contributed by atoms with Crippen LogP contribution in [-0.2, 0) is 0 Å². The van der Waals surface area contributed by atoms with Gasteiger partial charge in [0.2, 0.25) is 0 Å². The molecule has 0 atom stereocenters. The molecule has 2 aromatic carbocycles. The van der Waals surface area contributed by atoms with Crippen LogP contribution in [0.15, 0.2) is 42.5 Å². The molecule has 3 aromatic rings. The summed E-state index contributed by atoms with van der Waals surface area (Å²) >= 11 is 0. The van der Waals surface area contributed by atoms with E-state index in [0.29, 0.717) is 16.8 Å². The van der Waals surface area contributed by atoms with Crippen LogP contribution < -0.4 is 4.74 Å². The summed E-state index contributed by atoms with van der Waals surface area (Å²) < 4.78 is 19.8. The van der Waals surface area contributed by atoms with E-state index in [9.17, 15) is 4.39 Å². The van der Waals surface area contributed by atoms with Crippen molar-refractivity contribution in [1.82, 2.24) is 4.98 Å². The Morgan fingerprint density at radius 2 is 1.89 bits per heavy atom. The average molecular weight is 255 g/mol. The molecule has 3 rings (SSSR count). The molecular weight excluding hydrogens is 241 g/mol. The topological polar surface area (TPSA) is 25.0 Å². The largest absolute Gasteiger partial charge is 0.496 e. The number of fused-ring (bicyclic) bond motifs is 1. The van der Waals surface area contributed by atoms with Crippen LogP contribution in [0, 0.1) is 12.7 Å². The first-order chi connectivity index (χ1) is 9.20. The Bertz CT molecular complexity index is 746. The molecule has 0 aliphatic carbocycles. The Hall–Kier alpha value is -2.29. The number of hydrogen-bond acceptors (Lipinski definition) is 1. The first-order valence-corrected chi connectivity index (χ1v) is 6.12. The van der Waals surface area contributed by atoms with Crippen LogP contribution in [0.25, 0.3) is 22.2 Å². The van der Waals surface area contributed by atoms with E-state index in [0.717, 1.165) is 16.6 Å². The van der Waals surface area contributed by atoms with Gasteiger partial charge in [-0.15, -0.1) is 0 Å². The van der Waals surface area contributed by atoms with E-state index in [4.69, 9.17) is 4.74 Å². The first kappa shape index (κ1) is 11.8. The smallest absolute Gasteiger partial charge is 0.156 e. The maximum Gasteiger partial charge on any atom is 0.156 e. The number of aromatic amines is 1. The number of nitrogens with one attached hydrogen (secondary N) is 1. The van der Waals surface area contributed by atoms with Crippen LogP contribution in [0.1, 0.15) is 5.56 Å². The molecule has 0 spiro atoms. The number of H-pyrrole nitrogens is 1. The van der Waals surface area contributed by atoms with Crippen LogP contribution >= 0.6 is 0 Å². The molecule has 96 valence electrons. The van der Waals surface area contributed by atoms with Gasteiger partial charge in [-0.3, -0.25) is 0 Å². The molecule has 0 saturated heterocycles. The Morgan fingerprint density at radius 3 is 2.68 bits per heavy atom. The average Bonchev–Trinajstić information content (AvgIpc) is 2.76. The van der Waals surface area contributed by atoms with Gasteiger partial charge in [0.1, 0.15) is 5.75 Å². The minimum absolute atomic E-state index is 0.233. The number of aryl methyl sites for hydroxylation is 1. The minimum atomic E-state index is -0.233. The van der Waals surface area contributed by atoms with Crippen molar-refractivity contribution in [1.29, 1.82) is 0 Å². The van der Waals surface area contributed by atoms with Crippen molar-refractivity contribution in [2.24, 2.45) is 0 Å². The van der Waals surface area contributed by atoms with Crippen molar-refractivity contribution in [3.05, 3.63) is 53.8 Å². The molecule has 1 heterocycles. The summed E-state index contributed by atoms with van der Waals surface area (Å²) in [6.07, 6.45) is 0. The summed E-state index contributed by atoms with van der Waals surface area (Å²) in [6.45, 7) is 1.95. The molecule has 2 nitrogen and oxygen atoms in total. The van der Waals surface area contributed by atoms with Crippen LogP contribution in [0.5, 0.6) is 5.75 Å². The predicted octanol–water partition coefficient (Wildman–Crippen LogP) is 4.29. The third-order valence-corrected chi connectivity index (χ3v) is 3.27. The molecule has 0 fully saturated rings. The zero-order chi connectivity index (χ0) is 13.4. The van der Waals surface area contributed by atoms with E-state index in [2.05, 4.69) is 4.98 Å². The van der Waals surface area contributed by atoms with Gasteiger partial charge in [-0.1, -0.05) is 23.8 Å². The quantitative estimate of drug-likeness (QED) is 0.726. The van der Waals surface area contributed by atoms with Gasteiger partial charge >= 0.3 is 0 Å². The zero-order valence-corrected chi connectivity index (χ0v) is 10.8. The number of aromatic nitrogens is 1. The molecule has 0 aliphatic heterocycles. The minimum Gasteiger partial charge on any atom is -0.496 e. The van der Waals surface area contributed by atoms with Crippen molar-refractivity contribution >= 4 is 10.9 Å². The molecule has 0 unspecified atom stereocenters. The number of halogens is 1. The predicted molar refractivity (Wildman–Crippen MR) is 75.0 cm³/mol. The fourth-order valence-corrected chi connectivity index (χ4v) is 2.31. The first-order valence-electron chi connectivity index (χ1n) is 6.12. The summed E-state index contributed by atoms with van der Waals surface area (Å²) in [5.74, 6) is 0.424. The lowest BCUT2D eigenvalue weighted by atomic mass is 10.1. The number of rotatable bonds is 2. The van der Waals surface area contributed by atoms with E-state index in [1.165, 1.54) is 0 Å². The number of hydrogen-bond donors (Lipinski definition) is 1. The third-order valence-electron chi connectivity index (χ3n) is 3.27. The highest BCUT2D eigenvalue weighted by atomic mass is 19.1. The number of ether oxygens (including phenoxy) is 1. The number of benzene rings is 2. The Kier molecular flexibility index (Phi) is 2.75. The second-order valence-electron chi connectivity index (χ2n) is 4.56. The molecule has 19 heavy (non-hydrogen) atoms. The Labute approximate surface area is 110 Å². The van der Waals surface area contributed by atoms with Gasteiger partial charge in [-0.05, 0) is 31.2 Å². The zero-order valence-electron chi connectivity index (χ0n) is 10.8. The lowest BCUT2D eigenvalue weighted by molar-refractivity contribution is 0.416. The summed E-state index contributed by atoms with van der Waals surface area (Å²) in [5.41, 5.74) is 3.04. The van der Waals surface area contributed by atoms with Gasteiger partial charge in [0.15, 0.2) is 5.82 Å². The molecule has 0 saturated carbocycles. The van der Waals surface area contributed by atoms with Crippen molar-refractivity contribution in [3.8, 4) is 17.0 Å². The Balaban J connectivity index is 2.28. The summed E-state index contributed by atoms with van der Waals surface area (Å²) in [5, 5.41) is 0.612. The monoisotopic (exact) mass is 255 g/mol. The van der Waals surface area contributed by atoms with E-state index in [1.54, 1.807) is 7.11 Å². The van der Waals surface area contributed by atoms with E-state index in [1.807, 2.05) is 49.4 Å². The fourth-order valence-electron chi connectivity index (χ4n) is 2.31. The second-order valence-corrected chi connectivity index (χ2v) is 4.56. The van der Waals surface area contributed by atoms with Crippen molar-refractivity contribution < 1.29 is 9.13 Å². The molecule has 3 heteroatoms. The highest BCUT2D eigenvalue weighted by Gasteiger charge is 2.15. The van der Waals surface area contributed by atoms with Crippen LogP contribution in [0.4, 0.5) is 4.39 Å². The third kappa shape index (κ3) is 1.87. The Morgan fingerprint density at radius 1 is 1.11 bits per heavy atom. The maximum absolute atomic E-state index is 14.5. The SMILES string of the molecule is COc1ccccc1-c1[nH]c2ccc(C)cc2c1F. The highest BCUT2D eigenvalue weighted by molar-refractivity contribution is 5.88. The van der Waals surface area contributed by atoms with Gasteiger partial charge in [-0.2, -0.15) is 0 Å². The normalized spacial score (nSPS) is 10.9. The van der Waals surface area contributed by atoms with Gasteiger partial charge in [0, 0.05) is 16.5 Å². The molecule has 0 aliphatic rings. The lowest BCUT2D eigenvalue weighted by Crippen LogP contribution is -1.88. The number of para-hydroxylation sites is 1. The van der Waals surface area contributed by atoms with Crippen LogP contribution in [0.3, 0.4) is 0 Å². The molecule has 0 amide bonds. The molecule has 1 N–H and O–H groups in total. The van der Waals surface area contributed by atoms with Gasteiger partial charge in [-0.25, -0.2) is 4.39 Å². The van der Waals surface area contributed by atoms with E-state index in [-0.39, 0.29) is 5.82 Å². The summed E-state index contributed by atoms with van der Waals surface area (Å²) in [7, 11) is 1.59. The lowest BCUT2D eigenvalue weighted by Gasteiger charge is -2.06. The molecule has 1 aromatic heterocycles. The highest BCUT2D eigenvalue weighted by Crippen LogP contribution is 2.34. The standard InChI is InChI=1S/C16H14FNO/c1-10-7-8-13-12(9-10)15(17)16(18-13)11-5-3-4-6-14(11)19-2/h3-9,18H,1-2H3.